The fraction of sp³-hybridized carbons (Fsp3) is 0.591. The monoisotopic (exact) mass is 418 g/mol. The SMILES string of the molecule is C[C@@H]1C(=O)N[C@@H](Cc2ccccc2)[C@@H](O)[C@@H](C)C(=O)NC(C2COC2)C(=O)O[C@@H]1C. The van der Waals surface area contributed by atoms with Crippen molar-refractivity contribution < 1.29 is 29.0 Å². The molecule has 0 spiro atoms. The first-order chi connectivity index (χ1) is 14.3. The summed E-state index contributed by atoms with van der Waals surface area (Å²) >= 11 is 0. The zero-order valence-electron chi connectivity index (χ0n) is 17.5. The van der Waals surface area contributed by atoms with Gasteiger partial charge in [0.25, 0.3) is 0 Å². The molecule has 30 heavy (non-hydrogen) atoms. The standard InChI is InChI=1S/C22H30N2O6/c1-12-14(3)30-22(28)18(16-10-29-11-16)24-21(27)13(2)19(25)17(23-20(12)26)9-15-7-5-4-6-8-15/h4-8,12-14,16-19,25H,9-11H2,1-3H3,(H,23,26)(H,24,27)/t12-,13+,14+,17-,18?,19-/m0/s1. The largest absolute Gasteiger partial charge is 0.460 e. The third-order valence-electron chi connectivity index (χ3n) is 6.07. The second kappa shape index (κ2) is 9.57. The summed E-state index contributed by atoms with van der Waals surface area (Å²) in [6.07, 6.45) is -1.46. The van der Waals surface area contributed by atoms with Gasteiger partial charge in [-0.1, -0.05) is 44.2 Å². The molecule has 1 aromatic carbocycles. The molecule has 3 N–H and O–H groups in total. The molecule has 6 atom stereocenters. The van der Waals surface area contributed by atoms with E-state index in [1.54, 1.807) is 20.8 Å². The number of carbonyl (C=O) groups excluding carboxylic acids is 3. The fourth-order valence-corrected chi connectivity index (χ4v) is 3.61. The molecule has 1 unspecified atom stereocenters. The zero-order valence-corrected chi connectivity index (χ0v) is 17.5. The van der Waals surface area contributed by atoms with Crippen molar-refractivity contribution in [2.45, 2.75) is 51.5 Å². The van der Waals surface area contributed by atoms with Gasteiger partial charge in [-0.2, -0.15) is 0 Å². The Morgan fingerprint density at radius 1 is 0.967 bits per heavy atom. The van der Waals surface area contributed by atoms with Gasteiger partial charge in [0.1, 0.15) is 12.1 Å². The van der Waals surface area contributed by atoms with Crippen LogP contribution < -0.4 is 10.6 Å². The van der Waals surface area contributed by atoms with E-state index in [4.69, 9.17) is 9.47 Å². The average Bonchev–Trinajstić information content (AvgIpc) is 2.69. The predicted octanol–water partition coefficient (Wildman–Crippen LogP) is 0.424. The predicted molar refractivity (Wildman–Crippen MR) is 108 cm³/mol. The molecule has 2 aliphatic heterocycles. The summed E-state index contributed by atoms with van der Waals surface area (Å²) in [6, 6.07) is 7.91. The van der Waals surface area contributed by atoms with Gasteiger partial charge in [-0.3, -0.25) is 9.59 Å². The van der Waals surface area contributed by atoms with Crippen LogP contribution in [0.3, 0.4) is 0 Å². The first-order valence-corrected chi connectivity index (χ1v) is 10.4. The van der Waals surface area contributed by atoms with Gasteiger partial charge in [-0.25, -0.2) is 4.79 Å². The second-order valence-electron chi connectivity index (χ2n) is 8.30. The molecule has 0 bridgehead atoms. The minimum atomic E-state index is -1.13. The van der Waals surface area contributed by atoms with E-state index in [1.807, 2.05) is 30.3 Å². The van der Waals surface area contributed by atoms with E-state index < -0.39 is 48.0 Å². The van der Waals surface area contributed by atoms with Crippen LogP contribution in [0.15, 0.2) is 30.3 Å². The van der Waals surface area contributed by atoms with Crippen LogP contribution in [0.4, 0.5) is 0 Å². The van der Waals surface area contributed by atoms with Gasteiger partial charge in [-0.05, 0) is 18.9 Å². The molecule has 2 amide bonds. The maximum absolute atomic E-state index is 12.8. The summed E-state index contributed by atoms with van der Waals surface area (Å²) in [5.74, 6) is -3.06. The molecule has 0 radical (unpaired) electrons. The van der Waals surface area contributed by atoms with E-state index in [0.29, 0.717) is 19.6 Å². The molecule has 164 valence electrons. The van der Waals surface area contributed by atoms with Gasteiger partial charge in [-0.15, -0.1) is 0 Å². The Morgan fingerprint density at radius 2 is 1.60 bits per heavy atom. The van der Waals surface area contributed by atoms with E-state index in [0.717, 1.165) is 5.56 Å². The van der Waals surface area contributed by atoms with Crippen LogP contribution in [0.25, 0.3) is 0 Å². The molecule has 2 heterocycles. The number of amides is 2. The number of rotatable bonds is 3. The number of benzene rings is 1. The molecule has 1 aromatic rings. The molecule has 0 saturated carbocycles. The van der Waals surface area contributed by atoms with Crippen molar-refractivity contribution in [3.05, 3.63) is 35.9 Å². The van der Waals surface area contributed by atoms with Crippen LogP contribution in [-0.4, -0.2) is 60.4 Å². The Labute approximate surface area is 176 Å². The lowest BCUT2D eigenvalue weighted by molar-refractivity contribution is -0.164. The van der Waals surface area contributed by atoms with Crippen molar-refractivity contribution in [3.8, 4) is 0 Å². The topological polar surface area (TPSA) is 114 Å². The van der Waals surface area contributed by atoms with Gasteiger partial charge < -0.3 is 25.2 Å². The third kappa shape index (κ3) is 4.99. The maximum atomic E-state index is 12.8. The van der Waals surface area contributed by atoms with Crippen molar-refractivity contribution >= 4 is 17.8 Å². The van der Waals surface area contributed by atoms with E-state index in [1.165, 1.54) is 0 Å². The Kier molecular flexibility index (Phi) is 7.10. The highest BCUT2D eigenvalue weighted by Crippen LogP contribution is 2.21. The number of hydrogen-bond donors (Lipinski definition) is 3. The quantitative estimate of drug-likeness (QED) is 0.613. The second-order valence-corrected chi connectivity index (χ2v) is 8.30. The highest BCUT2D eigenvalue weighted by molar-refractivity contribution is 5.87. The first-order valence-electron chi connectivity index (χ1n) is 10.4. The molecule has 3 rings (SSSR count). The van der Waals surface area contributed by atoms with E-state index >= 15 is 0 Å². The van der Waals surface area contributed by atoms with Crippen LogP contribution in [0.5, 0.6) is 0 Å². The molecule has 8 heteroatoms. The zero-order chi connectivity index (χ0) is 21.8. The number of hydrogen-bond acceptors (Lipinski definition) is 6. The summed E-state index contributed by atoms with van der Waals surface area (Å²) in [5, 5.41) is 16.6. The number of esters is 1. The van der Waals surface area contributed by atoms with Gasteiger partial charge in [0.05, 0.1) is 37.2 Å². The Morgan fingerprint density at radius 3 is 2.20 bits per heavy atom. The Hall–Kier alpha value is -2.45. The lowest BCUT2D eigenvalue weighted by Crippen LogP contribution is -2.59. The maximum Gasteiger partial charge on any atom is 0.329 e. The lowest BCUT2D eigenvalue weighted by Gasteiger charge is -2.36. The first kappa shape index (κ1) is 22.2. The number of ether oxygens (including phenoxy) is 2. The van der Waals surface area contributed by atoms with Crippen molar-refractivity contribution in [1.29, 1.82) is 0 Å². The lowest BCUT2D eigenvalue weighted by atomic mass is 9.90. The van der Waals surface area contributed by atoms with Gasteiger partial charge in [0.15, 0.2) is 0 Å². The van der Waals surface area contributed by atoms with Crippen LogP contribution in [0, 0.1) is 17.8 Å². The minimum absolute atomic E-state index is 0.190. The molecular formula is C22H30N2O6. The van der Waals surface area contributed by atoms with Crippen LogP contribution in [0.1, 0.15) is 26.3 Å². The molecular weight excluding hydrogens is 388 g/mol. The van der Waals surface area contributed by atoms with Gasteiger partial charge in [0, 0.05) is 5.92 Å². The molecule has 2 aliphatic rings. The smallest absolute Gasteiger partial charge is 0.329 e. The molecule has 0 aliphatic carbocycles. The van der Waals surface area contributed by atoms with Crippen LogP contribution >= 0.6 is 0 Å². The molecule has 2 saturated heterocycles. The van der Waals surface area contributed by atoms with Crippen LogP contribution in [0.2, 0.25) is 0 Å². The van der Waals surface area contributed by atoms with Crippen molar-refractivity contribution in [1.82, 2.24) is 10.6 Å². The summed E-state index contributed by atoms with van der Waals surface area (Å²) in [7, 11) is 0. The van der Waals surface area contributed by atoms with Crippen LogP contribution in [-0.2, 0) is 30.3 Å². The number of cyclic esters (lactones) is 1. The highest BCUT2D eigenvalue weighted by Gasteiger charge is 2.41. The fourth-order valence-electron chi connectivity index (χ4n) is 3.61. The van der Waals surface area contributed by atoms with E-state index in [9.17, 15) is 19.5 Å². The van der Waals surface area contributed by atoms with Crippen molar-refractivity contribution in [2.24, 2.45) is 17.8 Å². The normalized spacial score (nSPS) is 33.9. The van der Waals surface area contributed by atoms with Crippen molar-refractivity contribution in [3.63, 3.8) is 0 Å². The molecule has 0 aromatic heterocycles. The number of aliphatic hydroxyl groups is 1. The summed E-state index contributed by atoms with van der Waals surface area (Å²) < 4.78 is 10.7. The van der Waals surface area contributed by atoms with Gasteiger partial charge in [0.2, 0.25) is 11.8 Å². The number of carbonyl (C=O) groups is 3. The average molecular weight is 418 g/mol. The Bertz CT molecular complexity index is 766. The summed E-state index contributed by atoms with van der Waals surface area (Å²) in [4.78, 5) is 38.3. The van der Waals surface area contributed by atoms with Gasteiger partial charge >= 0.3 is 5.97 Å². The van der Waals surface area contributed by atoms with Crippen molar-refractivity contribution in [2.75, 3.05) is 13.2 Å². The highest BCUT2D eigenvalue weighted by atomic mass is 16.5. The summed E-state index contributed by atoms with van der Waals surface area (Å²) in [6.45, 7) is 5.60. The summed E-state index contributed by atoms with van der Waals surface area (Å²) in [5.41, 5.74) is 0.929. The van der Waals surface area contributed by atoms with E-state index in [2.05, 4.69) is 10.6 Å². The number of aliphatic hydroxyl groups excluding tert-OH is 1. The molecule has 2 fully saturated rings. The number of nitrogens with one attached hydrogen (secondary N) is 2. The Balaban J connectivity index is 1.87. The van der Waals surface area contributed by atoms with E-state index in [-0.39, 0.29) is 11.8 Å². The molecule has 8 nitrogen and oxygen atoms in total. The minimum Gasteiger partial charge on any atom is -0.460 e. The third-order valence-corrected chi connectivity index (χ3v) is 6.07.